The molecule has 25 heavy (non-hydrogen) atoms. The van der Waals surface area contributed by atoms with Gasteiger partial charge in [-0.2, -0.15) is 13.2 Å². The van der Waals surface area contributed by atoms with Crippen LogP contribution >= 0.6 is 11.6 Å². The monoisotopic (exact) mass is 371 g/mol. The van der Waals surface area contributed by atoms with E-state index in [9.17, 15) is 18.0 Å². The molecule has 1 aliphatic rings. The molecule has 1 aliphatic heterocycles. The topological polar surface area (TPSA) is 50.6 Å². The average Bonchev–Trinajstić information content (AvgIpc) is 2.61. The van der Waals surface area contributed by atoms with Crippen molar-refractivity contribution < 1.29 is 22.9 Å². The van der Waals surface area contributed by atoms with Gasteiger partial charge in [0.1, 0.15) is 24.3 Å². The van der Waals surface area contributed by atoms with Gasteiger partial charge < -0.3 is 4.90 Å². The molecule has 2 aromatic heterocycles. The molecule has 0 bridgehead atoms. The van der Waals surface area contributed by atoms with Gasteiger partial charge in [-0.3, -0.25) is 14.7 Å². The van der Waals surface area contributed by atoms with Crippen LogP contribution in [0.25, 0.3) is 0 Å². The van der Waals surface area contributed by atoms with Crippen molar-refractivity contribution in [1.82, 2.24) is 9.88 Å². The van der Waals surface area contributed by atoms with E-state index in [1.54, 1.807) is 23.2 Å². The third kappa shape index (κ3) is 3.84. The van der Waals surface area contributed by atoms with Crippen molar-refractivity contribution in [2.75, 3.05) is 31.1 Å². The van der Waals surface area contributed by atoms with Crippen molar-refractivity contribution in [2.24, 2.45) is 0 Å². The van der Waals surface area contributed by atoms with Crippen molar-refractivity contribution in [3.05, 3.63) is 52.9 Å². The summed E-state index contributed by atoms with van der Waals surface area (Å²) < 4.78 is 38.1. The molecule has 0 unspecified atom stereocenters. The lowest BCUT2D eigenvalue weighted by Crippen LogP contribution is -2.50. The molecule has 0 radical (unpaired) electrons. The SMILES string of the molecule is O=C(c1cccnc1)N1CCN(c2[nH+]cc(C(F)(F)F)cc2Cl)CC1. The van der Waals surface area contributed by atoms with E-state index in [0.29, 0.717) is 37.6 Å². The number of rotatable bonds is 2. The zero-order valence-electron chi connectivity index (χ0n) is 13.1. The number of hydrogen-bond donors (Lipinski definition) is 0. The van der Waals surface area contributed by atoms with Crippen molar-refractivity contribution in [2.45, 2.75) is 6.18 Å². The van der Waals surface area contributed by atoms with Gasteiger partial charge in [0.15, 0.2) is 0 Å². The number of anilines is 1. The van der Waals surface area contributed by atoms with Crippen LogP contribution in [0.1, 0.15) is 15.9 Å². The number of amides is 1. The number of pyridine rings is 2. The number of aromatic amines is 1. The van der Waals surface area contributed by atoms with Crippen LogP contribution in [-0.2, 0) is 6.18 Å². The highest BCUT2D eigenvalue weighted by Crippen LogP contribution is 2.32. The molecule has 1 amide bonds. The van der Waals surface area contributed by atoms with E-state index in [1.165, 1.54) is 6.20 Å². The normalized spacial score (nSPS) is 15.4. The zero-order valence-corrected chi connectivity index (χ0v) is 13.8. The molecule has 1 saturated heterocycles. The Labute approximate surface area is 147 Å². The van der Waals surface area contributed by atoms with Gasteiger partial charge in [-0.1, -0.05) is 11.6 Å². The van der Waals surface area contributed by atoms with E-state index in [-0.39, 0.29) is 10.9 Å². The van der Waals surface area contributed by atoms with Crippen LogP contribution in [-0.4, -0.2) is 42.0 Å². The first-order valence-electron chi connectivity index (χ1n) is 7.59. The Kier molecular flexibility index (Phi) is 4.80. The maximum absolute atomic E-state index is 12.7. The number of H-pyrrole nitrogens is 1. The maximum Gasteiger partial charge on any atom is 0.419 e. The van der Waals surface area contributed by atoms with Crippen LogP contribution in [0, 0.1) is 0 Å². The summed E-state index contributed by atoms with van der Waals surface area (Å²) in [5.41, 5.74) is -0.318. The summed E-state index contributed by atoms with van der Waals surface area (Å²) >= 11 is 6.00. The van der Waals surface area contributed by atoms with Crippen LogP contribution in [0.2, 0.25) is 5.02 Å². The first-order chi connectivity index (χ1) is 11.9. The highest BCUT2D eigenvalue weighted by atomic mass is 35.5. The Balaban J connectivity index is 1.67. The van der Waals surface area contributed by atoms with Gasteiger partial charge in [0.05, 0.1) is 24.2 Å². The lowest BCUT2D eigenvalue weighted by atomic mass is 10.2. The van der Waals surface area contributed by atoms with E-state index in [0.717, 1.165) is 12.3 Å². The fourth-order valence-electron chi connectivity index (χ4n) is 2.67. The molecule has 5 nitrogen and oxygen atoms in total. The van der Waals surface area contributed by atoms with E-state index >= 15 is 0 Å². The second-order valence-corrected chi connectivity index (χ2v) is 6.01. The van der Waals surface area contributed by atoms with Crippen LogP contribution in [0.4, 0.5) is 19.0 Å². The van der Waals surface area contributed by atoms with Gasteiger partial charge in [0.2, 0.25) is 0 Å². The van der Waals surface area contributed by atoms with Crippen molar-refractivity contribution in [3.8, 4) is 0 Å². The number of alkyl halides is 3. The quantitative estimate of drug-likeness (QED) is 0.815. The number of piperazine rings is 1. The van der Waals surface area contributed by atoms with E-state index in [4.69, 9.17) is 11.6 Å². The van der Waals surface area contributed by atoms with E-state index in [2.05, 4.69) is 9.97 Å². The minimum atomic E-state index is -4.45. The maximum atomic E-state index is 12.7. The summed E-state index contributed by atoms with van der Waals surface area (Å²) in [6.45, 7) is 1.82. The predicted molar refractivity (Wildman–Crippen MR) is 85.4 cm³/mol. The number of carbonyl (C=O) groups is 1. The first kappa shape index (κ1) is 17.5. The molecular formula is C16H15ClF3N4O+. The third-order valence-corrected chi connectivity index (χ3v) is 4.28. The van der Waals surface area contributed by atoms with Crippen LogP contribution < -0.4 is 9.88 Å². The van der Waals surface area contributed by atoms with Crippen LogP contribution in [0.3, 0.4) is 0 Å². The van der Waals surface area contributed by atoms with Gasteiger partial charge in [0.25, 0.3) is 11.7 Å². The summed E-state index contributed by atoms with van der Waals surface area (Å²) in [6, 6.07) is 4.29. The largest absolute Gasteiger partial charge is 0.419 e. The summed E-state index contributed by atoms with van der Waals surface area (Å²) in [7, 11) is 0. The number of nitrogens with zero attached hydrogens (tertiary/aromatic N) is 3. The Morgan fingerprint density at radius 3 is 2.52 bits per heavy atom. The third-order valence-electron chi connectivity index (χ3n) is 3.99. The minimum Gasteiger partial charge on any atom is -0.331 e. The van der Waals surface area contributed by atoms with Gasteiger partial charge in [-0.15, -0.1) is 0 Å². The average molecular weight is 372 g/mol. The number of aromatic nitrogens is 2. The Hall–Kier alpha value is -2.35. The highest BCUT2D eigenvalue weighted by Gasteiger charge is 2.34. The molecule has 1 N–H and O–H groups in total. The Bertz CT molecular complexity index is 762. The fourth-order valence-corrected chi connectivity index (χ4v) is 2.96. The summed E-state index contributed by atoms with van der Waals surface area (Å²) in [4.78, 5) is 22.4. The number of carbonyl (C=O) groups excluding carboxylic acids is 1. The Morgan fingerprint density at radius 2 is 1.96 bits per heavy atom. The molecule has 2 aromatic rings. The smallest absolute Gasteiger partial charge is 0.331 e. The molecule has 1 fully saturated rings. The van der Waals surface area contributed by atoms with Gasteiger partial charge in [-0.05, 0) is 18.2 Å². The van der Waals surface area contributed by atoms with Crippen LogP contribution in [0.5, 0.6) is 0 Å². The zero-order chi connectivity index (χ0) is 18.0. The molecule has 132 valence electrons. The van der Waals surface area contributed by atoms with Crippen molar-refractivity contribution >= 4 is 23.3 Å². The second kappa shape index (κ2) is 6.87. The number of nitrogens with one attached hydrogen (secondary N) is 1. The number of halogens is 4. The molecule has 3 rings (SSSR count). The first-order valence-corrected chi connectivity index (χ1v) is 7.97. The minimum absolute atomic E-state index is 0.00172. The summed E-state index contributed by atoms with van der Waals surface area (Å²) in [5, 5.41) is 0.00172. The summed E-state index contributed by atoms with van der Waals surface area (Å²) in [6.07, 6.45) is -0.450. The molecule has 0 saturated carbocycles. The highest BCUT2D eigenvalue weighted by molar-refractivity contribution is 6.32. The van der Waals surface area contributed by atoms with Crippen molar-refractivity contribution in [1.29, 1.82) is 0 Å². The fraction of sp³-hybridized carbons (Fsp3) is 0.312. The molecule has 0 atom stereocenters. The van der Waals surface area contributed by atoms with Gasteiger partial charge >= 0.3 is 6.18 Å². The summed E-state index contributed by atoms with van der Waals surface area (Å²) in [5.74, 6) is 0.304. The van der Waals surface area contributed by atoms with Gasteiger partial charge in [-0.25, -0.2) is 4.98 Å². The molecule has 0 aliphatic carbocycles. The lowest BCUT2D eigenvalue weighted by molar-refractivity contribution is -0.367. The van der Waals surface area contributed by atoms with Crippen LogP contribution in [0.15, 0.2) is 36.8 Å². The standard InChI is InChI=1S/C16H14ClF3N4O/c17-13-8-12(16(18,19)20)10-22-14(13)23-4-6-24(7-5-23)15(25)11-2-1-3-21-9-11/h1-3,8-10H,4-7H2/p+1. The molecule has 0 aromatic carbocycles. The number of hydrogen-bond acceptors (Lipinski definition) is 3. The molecule has 9 heteroatoms. The van der Waals surface area contributed by atoms with E-state index < -0.39 is 11.7 Å². The molecular weight excluding hydrogens is 357 g/mol. The molecule has 0 spiro atoms. The Morgan fingerprint density at radius 1 is 1.24 bits per heavy atom. The predicted octanol–water partition coefficient (Wildman–Crippen LogP) is 2.53. The molecule has 3 heterocycles. The van der Waals surface area contributed by atoms with E-state index in [1.807, 2.05) is 4.90 Å². The second-order valence-electron chi connectivity index (χ2n) is 5.60. The lowest BCUT2D eigenvalue weighted by Gasteiger charge is -2.31. The van der Waals surface area contributed by atoms with Crippen molar-refractivity contribution in [3.63, 3.8) is 0 Å². The van der Waals surface area contributed by atoms with Gasteiger partial charge in [0, 0.05) is 12.4 Å².